The Hall–Kier alpha value is -0.820. The van der Waals surface area contributed by atoms with Gasteiger partial charge in [-0.2, -0.15) is 0 Å². The van der Waals surface area contributed by atoms with Crippen LogP contribution in [0.5, 0.6) is 0 Å². The van der Waals surface area contributed by atoms with Crippen molar-refractivity contribution in [3.8, 4) is 0 Å². The topological polar surface area (TPSA) is 26.0 Å². The van der Waals surface area contributed by atoms with Crippen molar-refractivity contribution in [3.05, 3.63) is 34.9 Å². The molecule has 0 aromatic heterocycles. The largest absolute Gasteiger partial charge is 0.321 e. The van der Waals surface area contributed by atoms with Gasteiger partial charge in [-0.3, -0.25) is 0 Å². The molecule has 1 heteroatoms. The number of rotatable bonds is 3. The molecule has 84 valence electrons. The third-order valence-corrected chi connectivity index (χ3v) is 3.60. The molecule has 2 N–H and O–H groups in total. The van der Waals surface area contributed by atoms with E-state index >= 15 is 0 Å². The van der Waals surface area contributed by atoms with Crippen molar-refractivity contribution < 1.29 is 0 Å². The molecule has 0 aliphatic rings. The van der Waals surface area contributed by atoms with Crippen molar-refractivity contribution in [1.29, 1.82) is 0 Å². The molecule has 0 saturated heterocycles. The van der Waals surface area contributed by atoms with E-state index < -0.39 is 0 Å². The van der Waals surface area contributed by atoms with Crippen LogP contribution < -0.4 is 5.73 Å². The Bertz CT molecular complexity index is 339. The van der Waals surface area contributed by atoms with Gasteiger partial charge < -0.3 is 5.73 Å². The van der Waals surface area contributed by atoms with Crippen molar-refractivity contribution in [2.75, 3.05) is 0 Å². The molecule has 1 nitrogen and oxygen atoms in total. The highest BCUT2D eigenvalue weighted by Crippen LogP contribution is 2.31. The van der Waals surface area contributed by atoms with Crippen LogP contribution in [0.4, 0.5) is 0 Å². The molecule has 0 heterocycles. The monoisotopic (exact) mass is 205 g/mol. The first-order chi connectivity index (χ1) is 6.89. The molecule has 0 amide bonds. The standard InChI is InChI=1S/C14H23N/c1-6-12(4)14(5,15)13-8-7-10(2)9-11(13)3/h7-9,12H,6,15H2,1-5H3. The normalized spacial score (nSPS) is 17.2. The minimum atomic E-state index is -0.216. The number of nitrogens with two attached hydrogens (primary N) is 1. The molecule has 0 spiro atoms. The van der Waals surface area contributed by atoms with Gasteiger partial charge in [-0.05, 0) is 37.8 Å². The first kappa shape index (κ1) is 12.3. The smallest absolute Gasteiger partial charge is 0.0409 e. The molecule has 0 aliphatic heterocycles. The second-order valence-corrected chi connectivity index (χ2v) is 4.91. The van der Waals surface area contributed by atoms with Gasteiger partial charge in [0.1, 0.15) is 0 Å². The van der Waals surface area contributed by atoms with Crippen LogP contribution in [0.15, 0.2) is 18.2 Å². The van der Waals surface area contributed by atoms with Gasteiger partial charge in [-0.15, -0.1) is 0 Å². The predicted molar refractivity (Wildman–Crippen MR) is 66.9 cm³/mol. The molecule has 1 aromatic carbocycles. The van der Waals surface area contributed by atoms with Crippen molar-refractivity contribution in [2.45, 2.75) is 46.6 Å². The Kier molecular flexibility index (Phi) is 3.56. The van der Waals surface area contributed by atoms with Crippen LogP contribution in [0.25, 0.3) is 0 Å². The molecule has 15 heavy (non-hydrogen) atoms. The van der Waals surface area contributed by atoms with Gasteiger partial charge in [-0.25, -0.2) is 0 Å². The number of aryl methyl sites for hydroxylation is 2. The van der Waals surface area contributed by atoms with E-state index in [1.54, 1.807) is 0 Å². The Labute approximate surface area is 93.7 Å². The maximum Gasteiger partial charge on any atom is 0.0409 e. The molecular weight excluding hydrogens is 182 g/mol. The summed E-state index contributed by atoms with van der Waals surface area (Å²) in [6, 6.07) is 6.54. The van der Waals surface area contributed by atoms with E-state index in [9.17, 15) is 0 Å². The van der Waals surface area contributed by atoms with Crippen LogP contribution in [0.1, 0.15) is 43.9 Å². The van der Waals surface area contributed by atoms with Crippen LogP contribution in [0.3, 0.4) is 0 Å². The van der Waals surface area contributed by atoms with E-state index in [0.29, 0.717) is 5.92 Å². The van der Waals surface area contributed by atoms with Crippen LogP contribution in [0, 0.1) is 19.8 Å². The van der Waals surface area contributed by atoms with Gasteiger partial charge in [0, 0.05) is 5.54 Å². The highest BCUT2D eigenvalue weighted by atomic mass is 14.7. The molecular formula is C14H23N. The Balaban J connectivity index is 3.15. The zero-order chi connectivity index (χ0) is 11.6. The lowest BCUT2D eigenvalue weighted by atomic mass is 9.78. The maximum absolute atomic E-state index is 6.44. The zero-order valence-electron chi connectivity index (χ0n) is 10.6. The first-order valence-electron chi connectivity index (χ1n) is 5.76. The van der Waals surface area contributed by atoms with Crippen molar-refractivity contribution in [2.24, 2.45) is 11.7 Å². The summed E-state index contributed by atoms with van der Waals surface area (Å²) in [6.07, 6.45) is 1.11. The van der Waals surface area contributed by atoms with E-state index in [2.05, 4.69) is 52.8 Å². The second kappa shape index (κ2) is 4.36. The summed E-state index contributed by atoms with van der Waals surface area (Å²) >= 11 is 0. The molecule has 1 rings (SSSR count). The summed E-state index contributed by atoms with van der Waals surface area (Å²) in [5.74, 6) is 0.499. The quantitative estimate of drug-likeness (QED) is 0.802. The molecule has 0 aliphatic carbocycles. The van der Waals surface area contributed by atoms with E-state index in [-0.39, 0.29) is 5.54 Å². The van der Waals surface area contributed by atoms with Gasteiger partial charge in [0.05, 0.1) is 0 Å². The molecule has 0 fully saturated rings. The molecule has 0 radical (unpaired) electrons. The van der Waals surface area contributed by atoms with Crippen LogP contribution in [-0.2, 0) is 5.54 Å². The Morgan fingerprint density at radius 1 is 1.33 bits per heavy atom. The summed E-state index contributed by atoms with van der Waals surface area (Å²) in [5, 5.41) is 0. The summed E-state index contributed by atoms with van der Waals surface area (Å²) in [7, 11) is 0. The van der Waals surface area contributed by atoms with E-state index in [1.165, 1.54) is 16.7 Å². The van der Waals surface area contributed by atoms with Crippen molar-refractivity contribution >= 4 is 0 Å². The molecule has 0 saturated carbocycles. The maximum atomic E-state index is 6.44. The van der Waals surface area contributed by atoms with Gasteiger partial charge in [0.15, 0.2) is 0 Å². The lowest BCUT2D eigenvalue weighted by Crippen LogP contribution is -2.40. The predicted octanol–water partition coefficient (Wildman–Crippen LogP) is 3.52. The third-order valence-electron chi connectivity index (χ3n) is 3.60. The first-order valence-corrected chi connectivity index (χ1v) is 5.76. The number of hydrogen-bond acceptors (Lipinski definition) is 1. The van der Waals surface area contributed by atoms with Gasteiger partial charge in [-0.1, -0.05) is 44.0 Å². The van der Waals surface area contributed by atoms with Crippen molar-refractivity contribution in [3.63, 3.8) is 0 Å². The minimum absolute atomic E-state index is 0.216. The second-order valence-electron chi connectivity index (χ2n) is 4.91. The fraction of sp³-hybridized carbons (Fsp3) is 0.571. The van der Waals surface area contributed by atoms with Crippen molar-refractivity contribution in [1.82, 2.24) is 0 Å². The fourth-order valence-corrected chi connectivity index (χ4v) is 2.11. The van der Waals surface area contributed by atoms with E-state index in [4.69, 9.17) is 5.73 Å². The van der Waals surface area contributed by atoms with Gasteiger partial charge in [0.2, 0.25) is 0 Å². The van der Waals surface area contributed by atoms with Gasteiger partial charge >= 0.3 is 0 Å². The molecule has 2 unspecified atom stereocenters. The fourth-order valence-electron chi connectivity index (χ4n) is 2.11. The number of hydrogen-bond donors (Lipinski definition) is 1. The molecule has 1 aromatic rings. The lowest BCUT2D eigenvalue weighted by Gasteiger charge is -2.33. The SMILES string of the molecule is CCC(C)C(C)(N)c1ccc(C)cc1C. The lowest BCUT2D eigenvalue weighted by molar-refractivity contribution is 0.314. The van der Waals surface area contributed by atoms with E-state index in [1.807, 2.05) is 0 Å². The molecule has 0 bridgehead atoms. The van der Waals surface area contributed by atoms with Gasteiger partial charge in [0.25, 0.3) is 0 Å². The van der Waals surface area contributed by atoms with Crippen LogP contribution >= 0.6 is 0 Å². The summed E-state index contributed by atoms with van der Waals surface area (Å²) in [4.78, 5) is 0. The molecule has 2 atom stereocenters. The van der Waals surface area contributed by atoms with Crippen LogP contribution in [-0.4, -0.2) is 0 Å². The highest BCUT2D eigenvalue weighted by Gasteiger charge is 2.28. The zero-order valence-corrected chi connectivity index (χ0v) is 10.6. The Morgan fingerprint density at radius 3 is 2.40 bits per heavy atom. The highest BCUT2D eigenvalue weighted by molar-refractivity contribution is 5.35. The third kappa shape index (κ3) is 2.40. The van der Waals surface area contributed by atoms with E-state index in [0.717, 1.165) is 6.42 Å². The number of benzene rings is 1. The average Bonchev–Trinajstić information content (AvgIpc) is 2.15. The Morgan fingerprint density at radius 2 is 1.93 bits per heavy atom. The summed E-state index contributed by atoms with van der Waals surface area (Å²) in [5.41, 5.74) is 10.1. The average molecular weight is 205 g/mol. The van der Waals surface area contributed by atoms with Crippen LogP contribution in [0.2, 0.25) is 0 Å². The summed E-state index contributed by atoms with van der Waals surface area (Å²) < 4.78 is 0. The minimum Gasteiger partial charge on any atom is -0.321 e. The summed E-state index contributed by atoms with van der Waals surface area (Å²) in [6.45, 7) is 10.8.